The molecule has 1 aliphatic heterocycles. The SMILES string of the molecule is CCC(O)CNN=C1C(=O)C(C)(C)OC1(C)C. The molecule has 2 N–H and O–H groups in total. The summed E-state index contributed by atoms with van der Waals surface area (Å²) in [5.74, 6) is -0.110. The standard InChI is InChI=1S/C12H22N2O3/c1-6-8(15)7-13-14-9-10(16)12(4,5)17-11(9,2)3/h8,13,15H,6-7H2,1-5H3. The van der Waals surface area contributed by atoms with E-state index in [-0.39, 0.29) is 5.78 Å². The lowest BCUT2D eigenvalue weighted by atomic mass is 9.97. The molecule has 5 nitrogen and oxygen atoms in total. The fraction of sp³-hybridized carbons (Fsp3) is 0.833. The van der Waals surface area contributed by atoms with Crippen LogP contribution in [-0.2, 0) is 9.53 Å². The number of ketones is 1. The normalized spacial score (nSPS) is 26.2. The Morgan fingerprint density at radius 2 is 1.94 bits per heavy atom. The highest BCUT2D eigenvalue weighted by molar-refractivity contribution is 6.46. The van der Waals surface area contributed by atoms with Crippen LogP contribution in [0.5, 0.6) is 0 Å². The van der Waals surface area contributed by atoms with Crippen molar-refractivity contribution in [3.8, 4) is 0 Å². The van der Waals surface area contributed by atoms with Crippen molar-refractivity contribution in [2.45, 2.75) is 58.3 Å². The van der Waals surface area contributed by atoms with Crippen LogP contribution in [0.2, 0.25) is 0 Å². The Kier molecular flexibility index (Phi) is 3.94. The molecule has 0 radical (unpaired) electrons. The molecule has 0 aromatic rings. The summed E-state index contributed by atoms with van der Waals surface area (Å²) in [5.41, 5.74) is 1.60. The fourth-order valence-electron chi connectivity index (χ4n) is 1.85. The highest BCUT2D eigenvalue weighted by Crippen LogP contribution is 2.31. The van der Waals surface area contributed by atoms with Crippen molar-refractivity contribution >= 4 is 11.5 Å². The summed E-state index contributed by atoms with van der Waals surface area (Å²) in [6.07, 6.45) is 0.199. The third-order valence-corrected chi connectivity index (χ3v) is 2.83. The summed E-state index contributed by atoms with van der Waals surface area (Å²) in [7, 11) is 0. The number of ether oxygens (including phenoxy) is 1. The van der Waals surface area contributed by atoms with E-state index in [0.29, 0.717) is 18.7 Å². The summed E-state index contributed by atoms with van der Waals surface area (Å²) in [6.45, 7) is 9.33. The molecule has 0 spiro atoms. The van der Waals surface area contributed by atoms with Crippen molar-refractivity contribution in [3.05, 3.63) is 0 Å². The second-order valence-electron chi connectivity index (χ2n) is 5.34. The number of hydrogen-bond donors (Lipinski definition) is 2. The zero-order chi connectivity index (χ0) is 13.3. The van der Waals surface area contributed by atoms with Gasteiger partial charge in [0.2, 0.25) is 5.78 Å². The van der Waals surface area contributed by atoms with Gasteiger partial charge in [0.25, 0.3) is 0 Å². The summed E-state index contributed by atoms with van der Waals surface area (Å²) in [5, 5.41) is 13.5. The second-order valence-corrected chi connectivity index (χ2v) is 5.34. The topological polar surface area (TPSA) is 70.9 Å². The summed E-state index contributed by atoms with van der Waals surface area (Å²) < 4.78 is 5.66. The highest BCUT2D eigenvalue weighted by atomic mass is 16.5. The van der Waals surface area contributed by atoms with Gasteiger partial charge >= 0.3 is 0 Å². The van der Waals surface area contributed by atoms with Gasteiger partial charge in [-0.2, -0.15) is 5.10 Å². The van der Waals surface area contributed by atoms with Crippen molar-refractivity contribution < 1.29 is 14.6 Å². The van der Waals surface area contributed by atoms with Crippen LogP contribution >= 0.6 is 0 Å². The van der Waals surface area contributed by atoms with Crippen molar-refractivity contribution in [1.29, 1.82) is 0 Å². The zero-order valence-corrected chi connectivity index (χ0v) is 11.2. The molecule has 1 aliphatic rings. The van der Waals surface area contributed by atoms with Gasteiger partial charge in [-0.3, -0.25) is 4.79 Å². The number of hydrazone groups is 1. The summed E-state index contributed by atoms with van der Waals surface area (Å²) in [4.78, 5) is 12.0. The largest absolute Gasteiger partial charge is 0.391 e. The number of aliphatic hydroxyl groups excluding tert-OH is 1. The van der Waals surface area contributed by atoms with Crippen molar-refractivity contribution in [1.82, 2.24) is 5.43 Å². The maximum Gasteiger partial charge on any atom is 0.212 e. The number of aliphatic hydroxyl groups is 1. The van der Waals surface area contributed by atoms with Crippen molar-refractivity contribution in [2.24, 2.45) is 5.10 Å². The maximum atomic E-state index is 12.0. The lowest BCUT2D eigenvalue weighted by Crippen LogP contribution is -2.34. The van der Waals surface area contributed by atoms with Crippen LogP contribution in [0.4, 0.5) is 0 Å². The molecule has 1 fully saturated rings. The van der Waals surface area contributed by atoms with E-state index in [4.69, 9.17) is 4.74 Å². The summed E-state index contributed by atoms with van der Waals surface area (Å²) >= 11 is 0. The van der Waals surface area contributed by atoms with Crippen LogP contribution in [0.25, 0.3) is 0 Å². The smallest absolute Gasteiger partial charge is 0.212 e. The Morgan fingerprint density at radius 1 is 1.35 bits per heavy atom. The van der Waals surface area contributed by atoms with Gasteiger partial charge in [-0.15, -0.1) is 0 Å². The number of rotatable bonds is 4. The second kappa shape index (κ2) is 4.74. The predicted molar refractivity (Wildman–Crippen MR) is 66.0 cm³/mol. The number of carbonyl (C=O) groups excluding carboxylic acids is 1. The van der Waals surface area contributed by atoms with E-state index in [1.54, 1.807) is 13.8 Å². The van der Waals surface area contributed by atoms with Gasteiger partial charge in [-0.1, -0.05) is 6.92 Å². The molecule has 0 amide bonds. The molecular formula is C12H22N2O3. The van der Waals surface area contributed by atoms with E-state index in [9.17, 15) is 9.90 Å². The van der Waals surface area contributed by atoms with Crippen molar-refractivity contribution in [2.75, 3.05) is 6.54 Å². The van der Waals surface area contributed by atoms with E-state index in [1.165, 1.54) is 0 Å². The van der Waals surface area contributed by atoms with Crippen LogP contribution < -0.4 is 5.43 Å². The zero-order valence-electron chi connectivity index (χ0n) is 11.2. The minimum Gasteiger partial charge on any atom is -0.391 e. The molecule has 1 rings (SSSR count). The molecule has 0 bridgehead atoms. The lowest BCUT2D eigenvalue weighted by Gasteiger charge is -2.21. The molecule has 0 aliphatic carbocycles. The molecule has 1 saturated heterocycles. The number of carbonyl (C=O) groups is 1. The van der Waals surface area contributed by atoms with Gasteiger partial charge in [0, 0.05) is 0 Å². The maximum absolute atomic E-state index is 12.0. The highest BCUT2D eigenvalue weighted by Gasteiger charge is 2.51. The Labute approximate surface area is 102 Å². The molecule has 0 aromatic heterocycles. The fourth-order valence-corrected chi connectivity index (χ4v) is 1.85. The minimum atomic E-state index is -0.826. The Hall–Kier alpha value is -0.940. The van der Waals surface area contributed by atoms with E-state index >= 15 is 0 Å². The molecule has 0 saturated carbocycles. The molecule has 5 heteroatoms. The summed E-state index contributed by atoms with van der Waals surface area (Å²) in [6, 6.07) is 0. The first-order valence-corrected chi connectivity index (χ1v) is 5.94. The number of nitrogens with zero attached hydrogens (tertiary/aromatic N) is 1. The molecule has 1 atom stereocenters. The number of nitrogens with one attached hydrogen (secondary N) is 1. The first-order chi connectivity index (χ1) is 7.70. The van der Waals surface area contributed by atoms with Crippen LogP contribution in [0, 0.1) is 0 Å². The first kappa shape index (κ1) is 14.1. The molecule has 1 heterocycles. The molecule has 17 heavy (non-hydrogen) atoms. The quantitative estimate of drug-likeness (QED) is 0.717. The van der Waals surface area contributed by atoms with Gasteiger partial charge in [-0.25, -0.2) is 0 Å². The van der Waals surface area contributed by atoms with Crippen LogP contribution in [0.3, 0.4) is 0 Å². The minimum absolute atomic E-state index is 0.110. The predicted octanol–water partition coefficient (Wildman–Crippen LogP) is 0.859. The van der Waals surface area contributed by atoms with Gasteiger partial charge in [-0.05, 0) is 34.1 Å². The van der Waals surface area contributed by atoms with E-state index < -0.39 is 17.3 Å². The molecule has 98 valence electrons. The Morgan fingerprint density at radius 3 is 2.35 bits per heavy atom. The average molecular weight is 242 g/mol. The van der Waals surface area contributed by atoms with Crippen molar-refractivity contribution in [3.63, 3.8) is 0 Å². The van der Waals surface area contributed by atoms with Gasteiger partial charge in [0.1, 0.15) is 16.9 Å². The Balaban J connectivity index is 2.75. The number of hydrogen-bond acceptors (Lipinski definition) is 5. The first-order valence-electron chi connectivity index (χ1n) is 5.94. The molecular weight excluding hydrogens is 220 g/mol. The average Bonchev–Trinajstić information content (AvgIpc) is 2.35. The van der Waals surface area contributed by atoms with Gasteiger partial charge in [0.15, 0.2) is 0 Å². The Bertz CT molecular complexity index is 335. The van der Waals surface area contributed by atoms with Gasteiger partial charge in [0.05, 0.1) is 12.6 Å². The third-order valence-electron chi connectivity index (χ3n) is 2.83. The number of Topliss-reactive ketones (excluding diaryl/α,β-unsaturated/α-hetero) is 1. The van der Waals surface area contributed by atoms with Crippen LogP contribution in [0.15, 0.2) is 5.10 Å². The van der Waals surface area contributed by atoms with E-state index in [2.05, 4.69) is 10.5 Å². The van der Waals surface area contributed by atoms with E-state index in [1.807, 2.05) is 20.8 Å². The monoisotopic (exact) mass is 242 g/mol. The molecule has 0 aromatic carbocycles. The van der Waals surface area contributed by atoms with E-state index in [0.717, 1.165) is 0 Å². The third kappa shape index (κ3) is 3.04. The van der Waals surface area contributed by atoms with Crippen LogP contribution in [-0.4, -0.2) is 40.5 Å². The van der Waals surface area contributed by atoms with Crippen LogP contribution in [0.1, 0.15) is 41.0 Å². The van der Waals surface area contributed by atoms with Gasteiger partial charge < -0.3 is 15.3 Å². The lowest BCUT2D eigenvalue weighted by molar-refractivity contribution is -0.131. The molecule has 1 unspecified atom stereocenters.